The zero-order chi connectivity index (χ0) is 19.5. The number of carbonyl (C=O) groups is 2. The van der Waals surface area contributed by atoms with E-state index >= 15 is 0 Å². The van der Waals surface area contributed by atoms with E-state index in [1.54, 1.807) is 31.1 Å². The van der Waals surface area contributed by atoms with Crippen LogP contribution in [0.2, 0.25) is 0 Å². The minimum atomic E-state index is -0.0159. The summed E-state index contributed by atoms with van der Waals surface area (Å²) in [5.41, 5.74) is 3.04. The molecule has 0 atom stereocenters. The minimum Gasteiger partial charge on any atom is -0.352 e. The van der Waals surface area contributed by atoms with Gasteiger partial charge in [0, 0.05) is 32.6 Å². The molecule has 0 aliphatic rings. The van der Waals surface area contributed by atoms with Gasteiger partial charge in [-0.25, -0.2) is 0 Å². The second-order valence-electron chi connectivity index (χ2n) is 7.07. The third-order valence-electron chi connectivity index (χ3n) is 4.56. The van der Waals surface area contributed by atoms with Crippen LogP contribution < -0.4 is 5.32 Å². The SMILES string of the molecule is CN(C)C(=O)c1ccc(CNC(=O)CCCCCCc2ccccc2)cc1. The van der Waals surface area contributed by atoms with Crippen molar-refractivity contribution < 1.29 is 9.59 Å². The largest absolute Gasteiger partial charge is 0.352 e. The van der Waals surface area contributed by atoms with Gasteiger partial charge < -0.3 is 10.2 Å². The van der Waals surface area contributed by atoms with E-state index < -0.39 is 0 Å². The summed E-state index contributed by atoms with van der Waals surface area (Å²) in [7, 11) is 3.47. The highest BCUT2D eigenvalue weighted by Crippen LogP contribution is 2.09. The standard InChI is InChI=1S/C23H30N2O2/c1-25(2)23(27)21-16-14-20(15-17-21)18-24-22(26)13-9-4-3-6-10-19-11-7-5-8-12-19/h5,7-8,11-12,14-17H,3-4,6,9-10,13,18H2,1-2H3,(H,24,26). The van der Waals surface area contributed by atoms with Gasteiger partial charge in [0.1, 0.15) is 0 Å². The fourth-order valence-corrected chi connectivity index (χ4v) is 2.93. The molecule has 2 rings (SSSR count). The van der Waals surface area contributed by atoms with E-state index in [9.17, 15) is 9.59 Å². The summed E-state index contributed by atoms with van der Waals surface area (Å²) >= 11 is 0. The molecule has 0 radical (unpaired) electrons. The predicted octanol–water partition coefficient (Wildman–Crippen LogP) is 4.20. The van der Waals surface area contributed by atoms with E-state index in [-0.39, 0.29) is 11.8 Å². The van der Waals surface area contributed by atoms with Gasteiger partial charge in [-0.2, -0.15) is 0 Å². The van der Waals surface area contributed by atoms with Gasteiger partial charge >= 0.3 is 0 Å². The van der Waals surface area contributed by atoms with Crippen LogP contribution >= 0.6 is 0 Å². The number of unbranched alkanes of at least 4 members (excludes halogenated alkanes) is 3. The molecule has 144 valence electrons. The van der Waals surface area contributed by atoms with E-state index in [0.29, 0.717) is 18.5 Å². The molecule has 27 heavy (non-hydrogen) atoms. The molecular weight excluding hydrogens is 336 g/mol. The van der Waals surface area contributed by atoms with Crippen LogP contribution in [0.1, 0.15) is 53.6 Å². The molecule has 0 spiro atoms. The van der Waals surface area contributed by atoms with E-state index in [4.69, 9.17) is 0 Å². The van der Waals surface area contributed by atoms with Crippen LogP contribution in [0.3, 0.4) is 0 Å². The Balaban J connectivity index is 1.57. The van der Waals surface area contributed by atoms with E-state index in [1.165, 1.54) is 12.0 Å². The Morgan fingerprint density at radius 2 is 1.48 bits per heavy atom. The van der Waals surface area contributed by atoms with Gasteiger partial charge in [-0.3, -0.25) is 9.59 Å². The van der Waals surface area contributed by atoms with Gasteiger partial charge in [0.2, 0.25) is 5.91 Å². The topological polar surface area (TPSA) is 49.4 Å². The van der Waals surface area contributed by atoms with Crippen molar-refractivity contribution in [3.8, 4) is 0 Å². The second-order valence-corrected chi connectivity index (χ2v) is 7.07. The third kappa shape index (κ3) is 7.65. The van der Waals surface area contributed by atoms with Crippen molar-refractivity contribution in [2.24, 2.45) is 0 Å². The fourth-order valence-electron chi connectivity index (χ4n) is 2.93. The van der Waals surface area contributed by atoms with Crippen molar-refractivity contribution >= 4 is 11.8 Å². The summed E-state index contributed by atoms with van der Waals surface area (Å²) in [5, 5.41) is 2.95. The Morgan fingerprint density at radius 1 is 0.815 bits per heavy atom. The van der Waals surface area contributed by atoms with E-state index in [0.717, 1.165) is 31.2 Å². The van der Waals surface area contributed by atoms with Gasteiger partial charge in [0.15, 0.2) is 0 Å². The molecule has 2 amide bonds. The Hall–Kier alpha value is -2.62. The minimum absolute atomic E-state index is 0.0159. The first-order chi connectivity index (χ1) is 13.1. The summed E-state index contributed by atoms with van der Waals surface area (Å²) in [6.45, 7) is 0.503. The molecular formula is C23H30N2O2. The van der Waals surface area contributed by atoms with Gasteiger partial charge in [0.05, 0.1) is 0 Å². The lowest BCUT2D eigenvalue weighted by atomic mass is 10.1. The smallest absolute Gasteiger partial charge is 0.253 e. The van der Waals surface area contributed by atoms with Crippen LogP contribution in [0.25, 0.3) is 0 Å². The van der Waals surface area contributed by atoms with Gasteiger partial charge in [-0.15, -0.1) is 0 Å². The first-order valence-electron chi connectivity index (χ1n) is 9.67. The number of nitrogens with one attached hydrogen (secondary N) is 1. The van der Waals surface area contributed by atoms with Crippen LogP contribution in [-0.2, 0) is 17.8 Å². The highest BCUT2D eigenvalue weighted by atomic mass is 16.2. The average molecular weight is 367 g/mol. The van der Waals surface area contributed by atoms with Crippen LogP contribution in [-0.4, -0.2) is 30.8 Å². The lowest BCUT2D eigenvalue weighted by molar-refractivity contribution is -0.121. The summed E-state index contributed by atoms with van der Waals surface area (Å²) in [6.07, 6.45) is 6.02. The highest BCUT2D eigenvalue weighted by Gasteiger charge is 2.07. The van der Waals surface area contributed by atoms with Crippen molar-refractivity contribution in [1.82, 2.24) is 10.2 Å². The molecule has 1 N–H and O–H groups in total. The molecule has 0 unspecified atom stereocenters. The zero-order valence-corrected chi connectivity index (χ0v) is 16.4. The first-order valence-corrected chi connectivity index (χ1v) is 9.67. The molecule has 2 aromatic rings. The Bertz CT molecular complexity index is 709. The molecule has 0 bridgehead atoms. The van der Waals surface area contributed by atoms with Crippen molar-refractivity contribution in [3.05, 3.63) is 71.3 Å². The maximum absolute atomic E-state index is 12.0. The Labute approximate surface area is 162 Å². The Kier molecular flexibility index (Phi) is 8.56. The van der Waals surface area contributed by atoms with Gasteiger partial charge in [0.25, 0.3) is 5.91 Å². The summed E-state index contributed by atoms with van der Waals surface area (Å²) in [5.74, 6) is 0.0735. The van der Waals surface area contributed by atoms with E-state index in [2.05, 4.69) is 29.6 Å². The molecule has 0 fully saturated rings. The van der Waals surface area contributed by atoms with Crippen molar-refractivity contribution in [2.75, 3.05) is 14.1 Å². The van der Waals surface area contributed by atoms with Gasteiger partial charge in [-0.05, 0) is 42.5 Å². The van der Waals surface area contributed by atoms with Crippen molar-refractivity contribution in [3.63, 3.8) is 0 Å². The van der Waals surface area contributed by atoms with Crippen LogP contribution in [0.15, 0.2) is 54.6 Å². The van der Waals surface area contributed by atoms with Gasteiger partial charge in [-0.1, -0.05) is 55.3 Å². The number of benzene rings is 2. The van der Waals surface area contributed by atoms with Crippen molar-refractivity contribution in [1.29, 1.82) is 0 Å². The summed E-state index contributed by atoms with van der Waals surface area (Å²) in [4.78, 5) is 25.4. The predicted molar refractivity (Wildman–Crippen MR) is 110 cm³/mol. The summed E-state index contributed by atoms with van der Waals surface area (Å²) in [6, 6.07) is 17.9. The fraction of sp³-hybridized carbons (Fsp3) is 0.391. The lowest BCUT2D eigenvalue weighted by Crippen LogP contribution is -2.23. The number of amides is 2. The number of aryl methyl sites for hydroxylation is 1. The molecule has 0 aliphatic carbocycles. The molecule has 0 saturated carbocycles. The second kappa shape index (κ2) is 11.2. The van der Waals surface area contributed by atoms with E-state index in [1.807, 2.05) is 18.2 Å². The summed E-state index contributed by atoms with van der Waals surface area (Å²) < 4.78 is 0. The number of hydrogen-bond acceptors (Lipinski definition) is 2. The molecule has 2 aromatic carbocycles. The van der Waals surface area contributed by atoms with Crippen LogP contribution in [0, 0.1) is 0 Å². The molecule has 0 heterocycles. The number of carbonyl (C=O) groups excluding carboxylic acids is 2. The normalized spacial score (nSPS) is 10.4. The number of hydrogen-bond donors (Lipinski definition) is 1. The maximum Gasteiger partial charge on any atom is 0.253 e. The molecule has 0 aliphatic heterocycles. The number of nitrogens with zero attached hydrogens (tertiary/aromatic N) is 1. The maximum atomic E-state index is 12.0. The number of rotatable bonds is 10. The first kappa shape index (κ1) is 20.7. The average Bonchev–Trinajstić information content (AvgIpc) is 2.69. The zero-order valence-electron chi connectivity index (χ0n) is 16.4. The quantitative estimate of drug-likeness (QED) is 0.641. The Morgan fingerprint density at radius 3 is 2.15 bits per heavy atom. The molecule has 0 saturated heterocycles. The molecule has 4 heteroatoms. The molecule has 0 aromatic heterocycles. The highest BCUT2D eigenvalue weighted by molar-refractivity contribution is 5.93. The lowest BCUT2D eigenvalue weighted by Gasteiger charge is -2.11. The third-order valence-corrected chi connectivity index (χ3v) is 4.56. The van der Waals surface area contributed by atoms with Crippen LogP contribution in [0.5, 0.6) is 0 Å². The van der Waals surface area contributed by atoms with Crippen LogP contribution in [0.4, 0.5) is 0 Å². The monoisotopic (exact) mass is 366 g/mol. The van der Waals surface area contributed by atoms with Crippen molar-refractivity contribution in [2.45, 2.75) is 45.1 Å². The molecule has 4 nitrogen and oxygen atoms in total.